The van der Waals surface area contributed by atoms with Gasteiger partial charge in [0, 0.05) is 45.6 Å². The topological polar surface area (TPSA) is 110 Å². The minimum Gasteiger partial charge on any atom is -0.355 e. The summed E-state index contributed by atoms with van der Waals surface area (Å²) in [5.74, 6) is 0.702. The van der Waals surface area contributed by atoms with Crippen molar-refractivity contribution >= 4 is 27.0 Å². The number of sulfonamides is 1. The molecule has 0 saturated heterocycles. The molecular weight excluding hydrogens is 366 g/mol. The highest BCUT2D eigenvalue weighted by molar-refractivity contribution is 7.89. The molecule has 1 aromatic carbocycles. The summed E-state index contributed by atoms with van der Waals surface area (Å²) in [7, 11) is -3.53. The second-order valence-electron chi connectivity index (χ2n) is 6.15. The van der Waals surface area contributed by atoms with Gasteiger partial charge in [-0.05, 0) is 25.1 Å². The van der Waals surface area contributed by atoms with E-state index >= 15 is 0 Å². The fourth-order valence-electron chi connectivity index (χ4n) is 3.10. The Bertz CT molecular complexity index is 888. The first-order valence-electron chi connectivity index (χ1n) is 9.35. The van der Waals surface area contributed by atoms with Gasteiger partial charge in [0.05, 0.1) is 15.9 Å². The van der Waals surface area contributed by atoms with Crippen molar-refractivity contribution in [1.82, 2.24) is 19.2 Å². The first-order chi connectivity index (χ1) is 12.9. The lowest BCUT2D eigenvalue weighted by atomic mass is 10.2. The lowest BCUT2D eigenvalue weighted by Crippen LogP contribution is -2.30. The van der Waals surface area contributed by atoms with Gasteiger partial charge in [-0.2, -0.15) is 4.31 Å². The number of hydrogen-bond donors (Lipinski definition) is 2. The molecule has 0 atom stereocenters. The molecule has 1 amide bonds. The van der Waals surface area contributed by atoms with E-state index in [1.165, 1.54) is 4.31 Å². The van der Waals surface area contributed by atoms with Gasteiger partial charge >= 0.3 is 0 Å². The van der Waals surface area contributed by atoms with Gasteiger partial charge in [-0.3, -0.25) is 4.79 Å². The number of nitrogens with two attached hydrogens (primary N) is 1. The molecule has 9 heteroatoms. The molecule has 2 aromatic rings. The van der Waals surface area contributed by atoms with Crippen LogP contribution in [0.3, 0.4) is 0 Å². The Hall–Kier alpha value is -1.97. The van der Waals surface area contributed by atoms with Crippen molar-refractivity contribution in [2.24, 2.45) is 5.73 Å². The lowest BCUT2D eigenvalue weighted by molar-refractivity contribution is -0.121. The maximum absolute atomic E-state index is 12.7. The minimum atomic E-state index is -3.53. The van der Waals surface area contributed by atoms with Crippen molar-refractivity contribution in [1.29, 1.82) is 0 Å². The van der Waals surface area contributed by atoms with Crippen LogP contribution >= 0.6 is 0 Å². The van der Waals surface area contributed by atoms with Gasteiger partial charge in [-0.15, -0.1) is 0 Å². The Labute approximate surface area is 160 Å². The largest absolute Gasteiger partial charge is 0.355 e. The van der Waals surface area contributed by atoms with E-state index in [0.29, 0.717) is 51.1 Å². The molecule has 0 saturated carbocycles. The zero-order valence-electron chi connectivity index (χ0n) is 16.2. The molecule has 0 bridgehead atoms. The summed E-state index contributed by atoms with van der Waals surface area (Å²) >= 11 is 0. The van der Waals surface area contributed by atoms with E-state index in [2.05, 4.69) is 10.3 Å². The van der Waals surface area contributed by atoms with Crippen LogP contribution in [0.25, 0.3) is 11.0 Å². The van der Waals surface area contributed by atoms with Gasteiger partial charge in [0.1, 0.15) is 5.82 Å². The number of hydrogen-bond acceptors (Lipinski definition) is 5. The number of carbonyl (C=O) groups excluding carboxylic acids is 1. The summed E-state index contributed by atoms with van der Waals surface area (Å²) in [5, 5.41) is 2.74. The smallest absolute Gasteiger partial charge is 0.243 e. The minimum absolute atomic E-state index is 0.0695. The van der Waals surface area contributed by atoms with Crippen LogP contribution in [0.15, 0.2) is 23.1 Å². The summed E-state index contributed by atoms with van der Waals surface area (Å²) in [5.41, 5.74) is 6.88. The maximum Gasteiger partial charge on any atom is 0.243 e. The fraction of sp³-hybridized carbons (Fsp3) is 0.556. The van der Waals surface area contributed by atoms with E-state index in [1.54, 1.807) is 18.2 Å². The molecule has 0 aliphatic rings. The SMILES string of the molecule is CCN(CC)S(=O)(=O)c1ccc2c(c1)nc(CCC(=O)NCCN)n2CC. The molecule has 0 aliphatic carbocycles. The van der Waals surface area contributed by atoms with Crippen molar-refractivity contribution in [3.05, 3.63) is 24.0 Å². The number of rotatable bonds is 10. The second-order valence-corrected chi connectivity index (χ2v) is 8.09. The van der Waals surface area contributed by atoms with Crippen LogP contribution in [0.5, 0.6) is 0 Å². The Kier molecular flexibility index (Phi) is 7.34. The molecule has 150 valence electrons. The number of amides is 1. The summed E-state index contributed by atoms with van der Waals surface area (Å²) < 4.78 is 28.9. The molecule has 0 spiro atoms. The Morgan fingerprint density at radius 1 is 1.26 bits per heavy atom. The molecule has 1 aromatic heterocycles. The number of aromatic nitrogens is 2. The van der Waals surface area contributed by atoms with Crippen LogP contribution < -0.4 is 11.1 Å². The summed E-state index contributed by atoms with van der Waals surface area (Å²) in [6, 6.07) is 5.04. The number of nitrogens with one attached hydrogen (secondary N) is 1. The Morgan fingerprint density at radius 3 is 2.56 bits per heavy atom. The molecule has 0 aliphatic heterocycles. The van der Waals surface area contributed by atoms with Crippen molar-refractivity contribution < 1.29 is 13.2 Å². The first-order valence-corrected chi connectivity index (χ1v) is 10.8. The molecule has 3 N–H and O–H groups in total. The van der Waals surface area contributed by atoms with Crippen molar-refractivity contribution in [2.45, 2.75) is 45.1 Å². The van der Waals surface area contributed by atoms with Crippen LogP contribution in [-0.2, 0) is 27.8 Å². The molecule has 1 heterocycles. The average molecular weight is 396 g/mol. The highest BCUT2D eigenvalue weighted by Crippen LogP contribution is 2.23. The zero-order chi connectivity index (χ0) is 20.0. The van der Waals surface area contributed by atoms with Gasteiger partial charge in [0.25, 0.3) is 0 Å². The molecule has 0 fully saturated rings. The van der Waals surface area contributed by atoms with Crippen molar-refractivity contribution in [2.75, 3.05) is 26.2 Å². The summed E-state index contributed by atoms with van der Waals surface area (Å²) in [4.78, 5) is 16.7. The predicted octanol–water partition coefficient (Wildman–Crippen LogP) is 1.09. The van der Waals surface area contributed by atoms with Crippen LogP contribution in [0.1, 0.15) is 33.0 Å². The monoisotopic (exact) mass is 395 g/mol. The Morgan fingerprint density at radius 2 is 1.96 bits per heavy atom. The third-order valence-corrected chi connectivity index (χ3v) is 6.55. The number of carbonyl (C=O) groups is 1. The number of aryl methyl sites for hydroxylation is 2. The predicted molar refractivity (Wildman–Crippen MR) is 106 cm³/mol. The highest BCUT2D eigenvalue weighted by Gasteiger charge is 2.23. The number of fused-ring (bicyclic) bond motifs is 1. The van der Waals surface area contributed by atoms with E-state index in [4.69, 9.17) is 5.73 Å². The molecule has 27 heavy (non-hydrogen) atoms. The van der Waals surface area contributed by atoms with Gasteiger partial charge in [0.15, 0.2) is 0 Å². The third kappa shape index (κ3) is 4.66. The highest BCUT2D eigenvalue weighted by atomic mass is 32.2. The van der Waals surface area contributed by atoms with Crippen LogP contribution in [0.4, 0.5) is 0 Å². The third-order valence-electron chi connectivity index (χ3n) is 4.50. The van der Waals surface area contributed by atoms with Crippen LogP contribution in [0, 0.1) is 0 Å². The van der Waals surface area contributed by atoms with E-state index in [1.807, 2.05) is 25.3 Å². The quantitative estimate of drug-likeness (QED) is 0.626. The van der Waals surface area contributed by atoms with E-state index < -0.39 is 10.0 Å². The zero-order valence-corrected chi connectivity index (χ0v) is 17.1. The standard InChI is InChI=1S/C18H29N5O3S/c1-4-22(5-2)27(25,26)14-7-8-16-15(13-14)21-17(23(16)6-3)9-10-18(24)20-12-11-19/h7-8,13H,4-6,9-12,19H2,1-3H3,(H,20,24). The molecule has 0 radical (unpaired) electrons. The van der Waals surface area contributed by atoms with Crippen molar-refractivity contribution in [3.8, 4) is 0 Å². The number of imidazole rings is 1. The van der Waals surface area contributed by atoms with Crippen LogP contribution in [-0.4, -0.2) is 54.4 Å². The number of benzene rings is 1. The summed E-state index contributed by atoms with van der Waals surface area (Å²) in [6.07, 6.45) is 0.797. The van der Waals surface area contributed by atoms with Gasteiger partial charge in [-0.1, -0.05) is 13.8 Å². The van der Waals surface area contributed by atoms with E-state index in [0.717, 1.165) is 11.3 Å². The molecule has 0 unspecified atom stereocenters. The summed E-state index contributed by atoms with van der Waals surface area (Å²) in [6.45, 7) is 8.03. The number of nitrogens with zero attached hydrogens (tertiary/aromatic N) is 3. The van der Waals surface area contributed by atoms with E-state index in [-0.39, 0.29) is 10.8 Å². The second kappa shape index (κ2) is 9.29. The van der Waals surface area contributed by atoms with E-state index in [9.17, 15) is 13.2 Å². The Balaban J connectivity index is 2.33. The normalized spacial score (nSPS) is 12.0. The molecular formula is C18H29N5O3S. The van der Waals surface area contributed by atoms with Gasteiger partial charge in [-0.25, -0.2) is 13.4 Å². The lowest BCUT2D eigenvalue weighted by Gasteiger charge is -2.18. The first kappa shape index (κ1) is 21.3. The average Bonchev–Trinajstić information content (AvgIpc) is 3.02. The maximum atomic E-state index is 12.7. The molecule has 2 rings (SSSR count). The van der Waals surface area contributed by atoms with Crippen LogP contribution in [0.2, 0.25) is 0 Å². The fourth-order valence-corrected chi connectivity index (χ4v) is 4.58. The van der Waals surface area contributed by atoms with Gasteiger partial charge in [0.2, 0.25) is 15.9 Å². The van der Waals surface area contributed by atoms with Crippen molar-refractivity contribution in [3.63, 3.8) is 0 Å². The van der Waals surface area contributed by atoms with Gasteiger partial charge < -0.3 is 15.6 Å². The molecule has 8 nitrogen and oxygen atoms in total.